The summed E-state index contributed by atoms with van der Waals surface area (Å²) in [7, 11) is 0. The molecule has 22 heavy (non-hydrogen) atoms. The number of nitrogens with zero attached hydrogens (tertiary/aromatic N) is 4. The van der Waals surface area contributed by atoms with Crippen LogP contribution in [0.1, 0.15) is 26.7 Å². The summed E-state index contributed by atoms with van der Waals surface area (Å²) >= 11 is 1.66. The molecule has 1 aliphatic heterocycles. The number of hydrogen-bond acceptors (Lipinski definition) is 6. The lowest BCUT2D eigenvalue weighted by atomic mass is 9.96. The molecule has 0 radical (unpaired) electrons. The smallest absolute Gasteiger partial charge is 0.140 e. The lowest BCUT2D eigenvalue weighted by Crippen LogP contribution is -2.52. The van der Waals surface area contributed by atoms with Crippen LogP contribution < -0.4 is 4.90 Å². The summed E-state index contributed by atoms with van der Waals surface area (Å²) in [5, 5.41) is 13.7. The molecule has 1 fully saturated rings. The van der Waals surface area contributed by atoms with E-state index in [-0.39, 0.29) is 0 Å². The summed E-state index contributed by atoms with van der Waals surface area (Å²) < 4.78 is 0. The molecule has 0 bridgehead atoms. The Kier molecular flexibility index (Phi) is 4.61. The molecular weight excluding hydrogens is 296 g/mol. The summed E-state index contributed by atoms with van der Waals surface area (Å²) in [6.45, 7) is 8.74. The number of aliphatic hydroxyl groups is 1. The molecule has 0 spiro atoms. The molecule has 2 aromatic rings. The van der Waals surface area contributed by atoms with E-state index in [1.165, 1.54) is 0 Å². The zero-order valence-electron chi connectivity index (χ0n) is 13.3. The molecule has 0 amide bonds. The van der Waals surface area contributed by atoms with E-state index in [0.717, 1.165) is 61.6 Å². The number of β-amino-alcohol motifs (C(OH)–C–C–N with tert-alkyl or cyclic N) is 1. The lowest BCUT2D eigenvalue weighted by Gasteiger charge is -2.39. The minimum absolute atomic E-state index is 0.544. The molecule has 2 aromatic heterocycles. The van der Waals surface area contributed by atoms with Gasteiger partial charge in [0.25, 0.3) is 0 Å². The zero-order valence-corrected chi connectivity index (χ0v) is 14.1. The predicted molar refractivity (Wildman–Crippen MR) is 91.6 cm³/mol. The number of anilines is 1. The number of thiophene rings is 1. The largest absolute Gasteiger partial charge is 0.389 e. The second kappa shape index (κ2) is 6.48. The predicted octanol–water partition coefficient (Wildman–Crippen LogP) is 2.36. The zero-order chi connectivity index (χ0) is 15.6. The van der Waals surface area contributed by atoms with Crippen molar-refractivity contribution in [1.82, 2.24) is 14.9 Å². The highest BCUT2D eigenvalue weighted by molar-refractivity contribution is 7.16. The van der Waals surface area contributed by atoms with E-state index in [1.807, 2.05) is 0 Å². The van der Waals surface area contributed by atoms with E-state index in [0.29, 0.717) is 0 Å². The van der Waals surface area contributed by atoms with E-state index in [2.05, 4.69) is 45.1 Å². The number of aromatic nitrogens is 2. The van der Waals surface area contributed by atoms with Crippen molar-refractivity contribution in [1.29, 1.82) is 0 Å². The molecule has 0 aliphatic carbocycles. The molecule has 1 N–H and O–H groups in total. The Labute approximate surface area is 135 Å². The van der Waals surface area contributed by atoms with Crippen molar-refractivity contribution < 1.29 is 5.11 Å². The standard InChI is InChI=1S/C16H24N4OS/c1-3-16(21,4-2)11-19-6-8-20(9-7-19)14-13-5-10-22-15(13)18-12-17-14/h5,10,12,21H,3-4,6-9,11H2,1-2H3. The van der Waals surface area contributed by atoms with Crippen molar-refractivity contribution in [3.8, 4) is 0 Å². The van der Waals surface area contributed by atoms with Crippen molar-refractivity contribution in [3.63, 3.8) is 0 Å². The first-order valence-corrected chi connectivity index (χ1v) is 8.91. The minimum atomic E-state index is -0.544. The van der Waals surface area contributed by atoms with Gasteiger partial charge in [-0.15, -0.1) is 11.3 Å². The van der Waals surface area contributed by atoms with Crippen LogP contribution in [0.25, 0.3) is 10.2 Å². The number of fused-ring (bicyclic) bond motifs is 1. The normalized spacial score (nSPS) is 17.3. The molecule has 0 atom stereocenters. The third-order valence-corrected chi connectivity index (χ3v) is 5.57. The molecule has 5 nitrogen and oxygen atoms in total. The summed E-state index contributed by atoms with van der Waals surface area (Å²) in [6, 6.07) is 2.11. The van der Waals surface area contributed by atoms with Crippen molar-refractivity contribution in [2.24, 2.45) is 0 Å². The van der Waals surface area contributed by atoms with Crippen molar-refractivity contribution in [3.05, 3.63) is 17.8 Å². The quantitative estimate of drug-likeness (QED) is 0.916. The minimum Gasteiger partial charge on any atom is -0.389 e. The highest BCUT2D eigenvalue weighted by Crippen LogP contribution is 2.27. The van der Waals surface area contributed by atoms with Crippen LogP contribution in [0.15, 0.2) is 17.8 Å². The van der Waals surface area contributed by atoms with Gasteiger partial charge in [-0.3, -0.25) is 4.90 Å². The highest BCUT2D eigenvalue weighted by atomic mass is 32.1. The topological polar surface area (TPSA) is 52.5 Å². The first-order valence-electron chi connectivity index (χ1n) is 8.03. The molecule has 1 saturated heterocycles. The molecule has 6 heteroatoms. The summed E-state index contributed by atoms with van der Waals surface area (Å²) in [5.74, 6) is 1.05. The fourth-order valence-corrected chi connectivity index (χ4v) is 3.76. The summed E-state index contributed by atoms with van der Waals surface area (Å²) in [4.78, 5) is 14.6. The van der Waals surface area contributed by atoms with E-state index in [1.54, 1.807) is 17.7 Å². The Balaban J connectivity index is 1.66. The fraction of sp³-hybridized carbons (Fsp3) is 0.625. The van der Waals surface area contributed by atoms with Crippen molar-refractivity contribution >= 4 is 27.4 Å². The first-order chi connectivity index (χ1) is 10.6. The average molecular weight is 320 g/mol. The Bertz CT molecular complexity index is 617. The van der Waals surface area contributed by atoms with Crippen LogP contribution in [0.5, 0.6) is 0 Å². The second-order valence-electron chi connectivity index (χ2n) is 6.03. The molecule has 3 rings (SSSR count). The van der Waals surface area contributed by atoms with E-state index in [4.69, 9.17) is 0 Å². The molecule has 0 saturated carbocycles. The van der Waals surface area contributed by atoms with Gasteiger partial charge >= 0.3 is 0 Å². The van der Waals surface area contributed by atoms with Crippen LogP contribution in [-0.2, 0) is 0 Å². The maximum absolute atomic E-state index is 10.5. The Morgan fingerprint density at radius 1 is 1.18 bits per heavy atom. The Morgan fingerprint density at radius 2 is 1.91 bits per heavy atom. The van der Waals surface area contributed by atoms with Crippen molar-refractivity contribution in [2.45, 2.75) is 32.3 Å². The van der Waals surface area contributed by atoms with Crippen molar-refractivity contribution in [2.75, 3.05) is 37.6 Å². The third kappa shape index (κ3) is 3.09. The van der Waals surface area contributed by atoms with Gasteiger partial charge in [-0.1, -0.05) is 13.8 Å². The number of rotatable bonds is 5. The van der Waals surface area contributed by atoms with Gasteiger partial charge in [-0.2, -0.15) is 0 Å². The van der Waals surface area contributed by atoms with Crippen LogP contribution in [0.3, 0.4) is 0 Å². The van der Waals surface area contributed by atoms with Crippen LogP contribution in [0.4, 0.5) is 5.82 Å². The molecular formula is C16H24N4OS. The maximum atomic E-state index is 10.5. The van der Waals surface area contributed by atoms with Crippen LogP contribution in [-0.4, -0.2) is 58.3 Å². The second-order valence-corrected chi connectivity index (χ2v) is 6.93. The van der Waals surface area contributed by atoms with Gasteiger partial charge in [0.2, 0.25) is 0 Å². The van der Waals surface area contributed by atoms with Crippen LogP contribution >= 0.6 is 11.3 Å². The van der Waals surface area contributed by atoms with E-state index < -0.39 is 5.60 Å². The average Bonchev–Trinajstić information content (AvgIpc) is 3.04. The fourth-order valence-electron chi connectivity index (χ4n) is 3.04. The maximum Gasteiger partial charge on any atom is 0.140 e. The molecule has 0 unspecified atom stereocenters. The Morgan fingerprint density at radius 3 is 2.59 bits per heavy atom. The van der Waals surface area contributed by atoms with Crippen LogP contribution in [0.2, 0.25) is 0 Å². The van der Waals surface area contributed by atoms with Crippen LogP contribution in [0, 0.1) is 0 Å². The SMILES string of the molecule is CCC(O)(CC)CN1CCN(c2ncnc3sccc23)CC1. The summed E-state index contributed by atoms with van der Waals surface area (Å²) in [5.41, 5.74) is -0.544. The van der Waals surface area contributed by atoms with Gasteiger partial charge < -0.3 is 10.0 Å². The van der Waals surface area contributed by atoms with Gasteiger partial charge in [0.1, 0.15) is 17.0 Å². The first kappa shape index (κ1) is 15.6. The third-order valence-electron chi connectivity index (χ3n) is 4.75. The molecule has 3 heterocycles. The number of piperazine rings is 1. The molecule has 0 aromatic carbocycles. The van der Waals surface area contributed by atoms with E-state index >= 15 is 0 Å². The number of hydrogen-bond donors (Lipinski definition) is 1. The van der Waals surface area contributed by atoms with E-state index in [9.17, 15) is 5.11 Å². The Hall–Kier alpha value is -1.24. The lowest BCUT2D eigenvalue weighted by molar-refractivity contribution is -0.00457. The van der Waals surface area contributed by atoms with Gasteiger partial charge in [-0.05, 0) is 24.3 Å². The monoisotopic (exact) mass is 320 g/mol. The summed E-state index contributed by atoms with van der Waals surface area (Å²) in [6.07, 6.45) is 3.28. The van der Waals surface area contributed by atoms with Gasteiger partial charge in [-0.25, -0.2) is 9.97 Å². The molecule has 1 aliphatic rings. The van der Waals surface area contributed by atoms with Gasteiger partial charge in [0.05, 0.1) is 11.0 Å². The van der Waals surface area contributed by atoms with Gasteiger partial charge in [0.15, 0.2) is 0 Å². The highest BCUT2D eigenvalue weighted by Gasteiger charge is 2.28. The molecule has 120 valence electrons. The van der Waals surface area contributed by atoms with Gasteiger partial charge in [0, 0.05) is 32.7 Å².